The van der Waals surface area contributed by atoms with Crippen LogP contribution in [0, 0.1) is 5.41 Å². The molecule has 3 heterocycles. The number of nitrogens with one attached hydrogen (secondary N) is 3. The minimum atomic E-state index is -3.07. The molecule has 5 rings (SSSR count). The van der Waals surface area contributed by atoms with Gasteiger partial charge in [-0.2, -0.15) is 0 Å². The van der Waals surface area contributed by atoms with Crippen LogP contribution in [0.4, 0.5) is 8.78 Å². The van der Waals surface area contributed by atoms with Crippen molar-refractivity contribution in [3.63, 3.8) is 0 Å². The maximum absolute atomic E-state index is 13.9. The lowest BCUT2D eigenvalue weighted by Gasteiger charge is -2.23. The van der Waals surface area contributed by atoms with Crippen molar-refractivity contribution in [2.75, 3.05) is 19.6 Å². The molecule has 2 aliphatic rings. The molecule has 2 aliphatic heterocycles. The Morgan fingerprint density at radius 3 is 2.73 bits per heavy atom. The molecule has 1 atom stereocenters. The van der Waals surface area contributed by atoms with Gasteiger partial charge in [-0.3, -0.25) is 19.4 Å². The summed E-state index contributed by atoms with van der Waals surface area (Å²) in [6.45, 7) is 0.751. The second kappa shape index (κ2) is 9.34. The minimum Gasteiger partial charge on any atom is -0.352 e. The number of alkyl halides is 2. The molecular weight excluding hydrogens is 480 g/mol. The fourth-order valence-electron chi connectivity index (χ4n) is 4.93. The van der Waals surface area contributed by atoms with E-state index in [1.54, 1.807) is 12.1 Å². The Morgan fingerprint density at radius 1 is 1.19 bits per heavy atom. The second-order valence-corrected chi connectivity index (χ2v) is 9.43. The number of benzene rings is 2. The lowest BCUT2D eigenvalue weighted by molar-refractivity contribution is -0.131. The molecule has 0 aliphatic carbocycles. The van der Waals surface area contributed by atoms with Crippen molar-refractivity contribution < 1.29 is 23.2 Å². The van der Waals surface area contributed by atoms with Crippen LogP contribution in [0.3, 0.4) is 0 Å². The molecule has 0 bridgehead atoms. The first-order valence-corrected chi connectivity index (χ1v) is 11.9. The summed E-state index contributed by atoms with van der Waals surface area (Å²) in [6.07, 6.45) is 1.66. The first-order valence-electron chi connectivity index (χ1n) is 11.9. The summed E-state index contributed by atoms with van der Waals surface area (Å²) in [5.41, 5.74) is 4.03. The number of fused-ring (bicyclic) bond motifs is 2. The Hall–Kier alpha value is -4.21. The smallest absolute Gasteiger partial charge is 0.267 e. The third-order valence-electron chi connectivity index (χ3n) is 6.84. The third kappa shape index (κ3) is 4.78. The van der Waals surface area contributed by atoms with E-state index in [4.69, 9.17) is 5.41 Å². The third-order valence-corrected chi connectivity index (χ3v) is 6.84. The van der Waals surface area contributed by atoms with Crippen molar-refractivity contribution in [3.05, 3.63) is 65.4 Å². The van der Waals surface area contributed by atoms with Gasteiger partial charge in [-0.25, -0.2) is 8.78 Å². The van der Waals surface area contributed by atoms with Gasteiger partial charge in [0.2, 0.25) is 5.91 Å². The lowest BCUT2D eigenvalue weighted by Crippen LogP contribution is -2.45. The minimum absolute atomic E-state index is 0.0239. The predicted molar refractivity (Wildman–Crippen MR) is 134 cm³/mol. The zero-order valence-electron chi connectivity index (χ0n) is 20.1. The summed E-state index contributed by atoms with van der Waals surface area (Å²) in [4.78, 5) is 43.3. The van der Waals surface area contributed by atoms with E-state index in [9.17, 15) is 23.2 Å². The van der Waals surface area contributed by atoms with Crippen molar-refractivity contribution in [1.29, 1.82) is 5.41 Å². The van der Waals surface area contributed by atoms with Crippen molar-refractivity contribution >= 4 is 34.3 Å². The largest absolute Gasteiger partial charge is 0.352 e. The zero-order valence-corrected chi connectivity index (χ0v) is 20.1. The molecule has 0 radical (unpaired) electrons. The number of aromatic nitrogens is 1. The molecule has 1 fully saturated rings. The van der Waals surface area contributed by atoms with Crippen LogP contribution >= 0.6 is 0 Å². The molecular formula is C27H25F2N5O3. The van der Waals surface area contributed by atoms with Gasteiger partial charge in [0.05, 0.1) is 30.2 Å². The highest BCUT2D eigenvalue weighted by Crippen LogP contribution is 2.32. The number of rotatable bonds is 5. The Labute approximate surface area is 211 Å². The van der Waals surface area contributed by atoms with E-state index >= 15 is 0 Å². The summed E-state index contributed by atoms with van der Waals surface area (Å²) >= 11 is 0. The summed E-state index contributed by atoms with van der Waals surface area (Å²) in [5, 5.41) is 13.7. The number of carbonyl (C=O) groups excluding carboxylic acids is 3. The molecule has 1 aromatic heterocycles. The summed E-state index contributed by atoms with van der Waals surface area (Å²) in [6, 6.07) is 11.7. The number of hydrogen-bond donors (Lipinski definition) is 3. The van der Waals surface area contributed by atoms with Crippen LogP contribution in [0.15, 0.2) is 48.7 Å². The van der Waals surface area contributed by atoms with E-state index in [1.807, 2.05) is 24.3 Å². The van der Waals surface area contributed by atoms with Gasteiger partial charge in [0, 0.05) is 35.8 Å². The summed E-state index contributed by atoms with van der Waals surface area (Å²) in [5.74, 6) is -4.40. The molecule has 10 heteroatoms. The zero-order chi connectivity index (χ0) is 26.3. The summed E-state index contributed by atoms with van der Waals surface area (Å²) < 4.78 is 27.8. The summed E-state index contributed by atoms with van der Waals surface area (Å²) in [7, 11) is 0. The molecule has 2 aromatic carbocycles. The highest BCUT2D eigenvalue weighted by molar-refractivity contribution is 6.08. The van der Waals surface area contributed by atoms with Gasteiger partial charge in [0.15, 0.2) is 0 Å². The predicted octanol–water partition coefficient (Wildman–Crippen LogP) is 3.19. The van der Waals surface area contributed by atoms with E-state index in [2.05, 4.69) is 15.6 Å². The Morgan fingerprint density at radius 2 is 1.95 bits per heavy atom. The first kappa shape index (κ1) is 24.5. The Bertz CT molecular complexity index is 1460. The van der Waals surface area contributed by atoms with Crippen LogP contribution < -0.4 is 10.6 Å². The van der Waals surface area contributed by atoms with Crippen molar-refractivity contribution in [3.8, 4) is 11.1 Å². The molecule has 0 saturated carbocycles. The van der Waals surface area contributed by atoms with E-state index < -0.39 is 43.3 Å². The highest BCUT2D eigenvalue weighted by Gasteiger charge is 2.47. The van der Waals surface area contributed by atoms with Crippen molar-refractivity contribution in [1.82, 2.24) is 20.5 Å². The first-order chi connectivity index (χ1) is 17.6. The lowest BCUT2D eigenvalue weighted by atomic mass is 9.94. The van der Waals surface area contributed by atoms with Crippen molar-refractivity contribution in [2.45, 2.75) is 31.7 Å². The number of amides is 3. The molecule has 190 valence electrons. The van der Waals surface area contributed by atoms with Crippen LogP contribution in [0.25, 0.3) is 22.0 Å². The van der Waals surface area contributed by atoms with Gasteiger partial charge in [-0.15, -0.1) is 0 Å². The van der Waals surface area contributed by atoms with Gasteiger partial charge in [0.1, 0.15) is 0 Å². The molecule has 8 nitrogen and oxygen atoms in total. The van der Waals surface area contributed by atoms with Crippen LogP contribution in [0.2, 0.25) is 0 Å². The molecule has 37 heavy (non-hydrogen) atoms. The van der Waals surface area contributed by atoms with Crippen LogP contribution in [-0.4, -0.2) is 64.9 Å². The normalized spacial score (nSPS) is 18.3. The quantitative estimate of drug-likeness (QED) is 0.462. The standard InChI is InChI=1S/C27H25F2N5O3/c1-15(30)23-12-27(28,29)14-34(23)24(35)13-33-25(36)19-7-9-31-22-5-4-18(11-21(19)22)17-3-2-16-6-8-32-26(37)20(16)10-17/h2-5,7,9-11,23,30H,6,8,12-14H2,1H3,(H,32,37)(H,33,36)/t23-/m0/s1. The maximum Gasteiger partial charge on any atom is 0.267 e. The SMILES string of the molecule is CC(=N)[C@@H]1CC(F)(F)CN1C(=O)CNC(=O)c1ccnc2ccc(-c3ccc4c(c3)C(=O)NCC4)cc12. The molecule has 0 unspecified atom stereocenters. The van der Waals surface area contributed by atoms with Crippen molar-refractivity contribution in [2.24, 2.45) is 0 Å². The number of pyridine rings is 1. The van der Waals surface area contributed by atoms with Crippen LogP contribution in [0.5, 0.6) is 0 Å². The average Bonchev–Trinajstić information content (AvgIpc) is 3.22. The maximum atomic E-state index is 13.9. The number of carbonyl (C=O) groups is 3. The monoisotopic (exact) mass is 505 g/mol. The number of nitrogens with zero attached hydrogens (tertiary/aromatic N) is 2. The highest BCUT2D eigenvalue weighted by atomic mass is 19.3. The van der Waals surface area contributed by atoms with E-state index in [1.165, 1.54) is 19.2 Å². The van der Waals surface area contributed by atoms with Crippen LogP contribution in [-0.2, 0) is 11.2 Å². The number of likely N-dealkylation sites (tertiary alicyclic amines) is 1. The molecule has 3 aromatic rings. The molecule has 0 spiro atoms. The Balaban J connectivity index is 1.38. The number of hydrogen-bond acceptors (Lipinski definition) is 5. The fraction of sp³-hybridized carbons (Fsp3) is 0.296. The average molecular weight is 506 g/mol. The Kier molecular flexibility index (Phi) is 6.18. The molecule has 3 N–H and O–H groups in total. The van der Waals surface area contributed by atoms with Gasteiger partial charge in [-0.05, 0) is 54.3 Å². The van der Waals surface area contributed by atoms with Gasteiger partial charge in [0.25, 0.3) is 17.7 Å². The second-order valence-electron chi connectivity index (χ2n) is 9.43. The van der Waals surface area contributed by atoms with Crippen LogP contribution in [0.1, 0.15) is 39.6 Å². The molecule has 3 amide bonds. The van der Waals surface area contributed by atoms with Gasteiger partial charge < -0.3 is 20.9 Å². The van der Waals surface area contributed by atoms with E-state index in [0.29, 0.717) is 23.0 Å². The topological polar surface area (TPSA) is 115 Å². The van der Waals surface area contributed by atoms with E-state index in [-0.39, 0.29) is 17.2 Å². The number of halogens is 2. The van der Waals surface area contributed by atoms with E-state index in [0.717, 1.165) is 28.0 Å². The van der Waals surface area contributed by atoms with Gasteiger partial charge in [-0.1, -0.05) is 18.2 Å². The fourth-order valence-corrected chi connectivity index (χ4v) is 4.93. The molecule has 1 saturated heterocycles. The van der Waals surface area contributed by atoms with Gasteiger partial charge >= 0.3 is 0 Å².